The lowest BCUT2D eigenvalue weighted by atomic mass is 10.2. The van der Waals surface area contributed by atoms with E-state index < -0.39 is 4.92 Å². The summed E-state index contributed by atoms with van der Waals surface area (Å²) in [5.41, 5.74) is 3.61. The number of halogens is 1. The lowest BCUT2D eigenvalue weighted by Gasteiger charge is -2.04. The van der Waals surface area contributed by atoms with Crippen molar-refractivity contribution in [3.63, 3.8) is 0 Å². The van der Waals surface area contributed by atoms with Crippen LogP contribution in [0.2, 0.25) is 5.02 Å². The number of nitrogens with one attached hydrogen (secondary N) is 1. The van der Waals surface area contributed by atoms with Crippen molar-refractivity contribution in [2.75, 3.05) is 0 Å². The third-order valence-corrected chi connectivity index (χ3v) is 3.88. The molecule has 25 heavy (non-hydrogen) atoms. The van der Waals surface area contributed by atoms with E-state index in [9.17, 15) is 14.9 Å². The number of hydrazone groups is 1. The van der Waals surface area contributed by atoms with E-state index in [1.54, 1.807) is 6.07 Å². The standard InChI is InChI=1S/C17H13ClN4O3/c18-14-6-5-12(9-16(14)22(24)25)10-19-20-17(23)11-21-8-7-13-3-1-2-4-15(13)21/h1-10H,11H2,(H,20,23)/b19-10+. The topological polar surface area (TPSA) is 89.5 Å². The smallest absolute Gasteiger partial charge is 0.288 e. The van der Waals surface area contributed by atoms with Gasteiger partial charge in [-0.25, -0.2) is 5.43 Å². The van der Waals surface area contributed by atoms with Crippen molar-refractivity contribution in [2.24, 2.45) is 5.10 Å². The minimum Gasteiger partial charge on any atom is -0.338 e. The Hall–Kier alpha value is -3.19. The number of rotatable bonds is 5. The van der Waals surface area contributed by atoms with E-state index in [1.165, 1.54) is 18.3 Å². The fraction of sp³-hybridized carbons (Fsp3) is 0.0588. The van der Waals surface area contributed by atoms with Gasteiger partial charge in [0.15, 0.2) is 0 Å². The first kappa shape index (κ1) is 16.7. The molecule has 1 N–H and O–H groups in total. The van der Waals surface area contributed by atoms with Crippen LogP contribution in [0.4, 0.5) is 5.69 Å². The summed E-state index contributed by atoms with van der Waals surface area (Å²) in [5.74, 6) is -0.305. The zero-order valence-corrected chi connectivity index (χ0v) is 13.7. The molecule has 0 spiro atoms. The van der Waals surface area contributed by atoms with Gasteiger partial charge in [-0.3, -0.25) is 14.9 Å². The van der Waals surface area contributed by atoms with Gasteiger partial charge in [0.25, 0.3) is 11.6 Å². The summed E-state index contributed by atoms with van der Waals surface area (Å²) >= 11 is 5.74. The average Bonchev–Trinajstić information content (AvgIpc) is 2.99. The van der Waals surface area contributed by atoms with Gasteiger partial charge in [0.05, 0.1) is 11.1 Å². The monoisotopic (exact) mass is 356 g/mol. The zero-order valence-electron chi connectivity index (χ0n) is 12.9. The molecule has 0 radical (unpaired) electrons. The van der Waals surface area contributed by atoms with Gasteiger partial charge >= 0.3 is 0 Å². The van der Waals surface area contributed by atoms with Crippen LogP contribution in [-0.4, -0.2) is 21.6 Å². The first-order chi connectivity index (χ1) is 12.0. The minimum atomic E-state index is -0.574. The van der Waals surface area contributed by atoms with E-state index in [0.717, 1.165) is 10.9 Å². The quantitative estimate of drug-likeness (QED) is 0.432. The third-order valence-electron chi connectivity index (χ3n) is 3.56. The molecule has 7 nitrogen and oxygen atoms in total. The first-order valence-electron chi connectivity index (χ1n) is 7.34. The van der Waals surface area contributed by atoms with Crippen molar-refractivity contribution in [3.05, 3.63) is 75.4 Å². The molecule has 0 aliphatic carbocycles. The van der Waals surface area contributed by atoms with Crippen LogP contribution in [0.5, 0.6) is 0 Å². The van der Waals surface area contributed by atoms with Crippen molar-refractivity contribution in [3.8, 4) is 0 Å². The number of aromatic nitrogens is 1. The van der Waals surface area contributed by atoms with E-state index in [0.29, 0.717) is 5.56 Å². The second kappa shape index (κ2) is 7.14. The molecular weight excluding hydrogens is 344 g/mol. The molecule has 2 aromatic carbocycles. The van der Waals surface area contributed by atoms with Gasteiger partial charge in [0, 0.05) is 23.3 Å². The van der Waals surface area contributed by atoms with Crippen molar-refractivity contribution >= 4 is 40.3 Å². The Bertz CT molecular complexity index is 981. The normalized spacial score (nSPS) is 11.1. The highest BCUT2D eigenvalue weighted by molar-refractivity contribution is 6.32. The van der Waals surface area contributed by atoms with Crippen LogP contribution in [0.1, 0.15) is 5.56 Å². The largest absolute Gasteiger partial charge is 0.338 e. The molecule has 1 heterocycles. The lowest BCUT2D eigenvalue weighted by molar-refractivity contribution is -0.384. The van der Waals surface area contributed by atoms with Crippen LogP contribution in [-0.2, 0) is 11.3 Å². The number of hydrogen-bond donors (Lipinski definition) is 1. The Labute approximate surface area is 147 Å². The maximum absolute atomic E-state index is 12.0. The predicted molar refractivity (Wildman–Crippen MR) is 95.8 cm³/mol. The number of nitrogens with zero attached hydrogens (tertiary/aromatic N) is 3. The number of benzene rings is 2. The van der Waals surface area contributed by atoms with Gasteiger partial charge in [-0.2, -0.15) is 5.10 Å². The molecule has 3 aromatic rings. The SMILES string of the molecule is O=C(Cn1ccc2ccccc21)N/N=C/c1ccc(Cl)c([N+](=O)[O-])c1. The molecule has 0 saturated carbocycles. The third kappa shape index (κ3) is 3.84. The second-order valence-electron chi connectivity index (χ2n) is 5.26. The molecule has 3 rings (SSSR count). The Morgan fingerprint density at radius 3 is 2.88 bits per heavy atom. The molecule has 8 heteroatoms. The molecule has 0 bridgehead atoms. The summed E-state index contributed by atoms with van der Waals surface area (Å²) in [7, 11) is 0. The Morgan fingerprint density at radius 1 is 1.28 bits per heavy atom. The van der Waals surface area contributed by atoms with Gasteiger partial charge in [-0.05, 0) is 23.6 Å². The second-order valence-corrected chi connectivity index (χ2v) is 5.67. The molecule has 0 aliphatic heterocycles. The molecule has 1 amide bonds. The fourth-order valence-electron chi connectivity index (χ4n) is 2.40. The number of nitro groups is 1. The van der Waals surface area contributed by atoms with E-state index in [-0.39, 0.29) is 23.2 Å². The zero-order chi connectivity index (χ0) is 17.8. The molecule has 0 saturated heterocycles. The van der Waals surface area contributed by atoms with E-state index >= 15 is 0 Å². The molecule has 0 aliphatic rings. The summed E-state index contributed by atoms with van der Waals surface area (Å²) in [6.45, 7) is 0.117. The summed E-state index contributed by atoms with van der Waals surface area (Å²) in [6.07, 6.45) is 3.16. The number of carbonyl (C=O) groups excluding carboxylic acids is 1. The van der Waals surface area contributed by atoms with Crippen LogP contribution in [0, 0.1) is 10.1 Å². The summed E-state index contributed by atoms with van der Waals surface area (Å²) < 4.78 is 1.81. The van der Waals surface area contributed by atoms with Gasteiger partial charge in [0.2, 0.25) is 0 Å². The van der Waals surface area contributed by atoms with Gasteiger partial charge in [0.1, 0.15) is 11.6 Å². The highest BCUT2D eigenvalue weighted by Crippen LogP contribution is 2.24. The lowest BCUT2D eigenvalue weighted by Crippen LogP contribution is -2.22. The highest BCUT2D eigenvalue weighted by Gasteiger charge is 2.12. The highest BCUT2D eigenvalue weighted by atomic mass is 35.5. The van der Waals surface area contributed by atoms with E-state index in [1.807, 2.05) is 41.1 Å². The maximum Gasteiger partial charge on any atom is 0.288 e. The number of fused-ring (bicyclic) bond motifs is 1. The summed E-state index contributed by atoms with van der Waals surface area (Å²) in [5, 5.41) is 15.8. The van der Waals surface area contributed by atoms with Gasteiger partial charge in [-0.1, -0.05) is 35.9 Å². The van der Waals surface area contributed by atoms with Gasteiger partial charge in [-0.15, -0.1) is 0 Å². The van der Waals surface area contributed by atoms with E-state index in [2.05, 4.69) is 10.5 Å². The summed E-state index contributed by atoms with van der Waals surface area (Å²) in [6, 6.07) is 13.9. The molecule has 126 valence electrons. The molecule has 1 aromatic heterocycles. The van der Waals surface area contributed by atoms with Crippen LogP contribution >= 0.6 is 11.6 Å². The minimum absolute atomic E-state index is 0.0469. The van der Waals surface area contributed by atoms with Crippen molar-refractivity contribution < 1.29 is 9.72 Å². The number of carbonyl (C=O) groups is 1. The first-order valence-corrected chi connectivity index (χ1v) is 7.72. The molecule has 0 fully saturated rings. The molecule has 0 unspecified atom stereocenters. The van der Waals surface area contributed by atoms with Crippen LogP contribution in [0.25, 0.3) is 10.9 Å². The molecule has 0 atom stereocenters. The number of amides is 1. The summed E-state index contributed by atoms with van der Waals surface area (Å²) in [4.78, 5) is 22.3. The predicted octanol–water partition coefficient (Wildman–Crippen LogP) is 3.35. The average molecular weight is 357 g/mol. The molecular formula is C17H13ClN4O3. The van der Waals surface area contributed by atoms with Gasteiger partial charge < -0.3 is 4.57 Å². The van der Waals surface area contributed by atoms with Crippen LogP contribution in [0.15, 0.2) is 59.8 Å². The van der Waals surface area contributed by atoms with Crippen LogP contribution in [0.3, 0.4) is 0 Å². The van der Waals surface area contributed by atoms with Crippen molar-refractivity contribution in [2.45, 2.75) is 6.54 Å². The van der Waals surface area contributed by atoms with Crippen molar-refractivity contribution in [1.29, 1.82) is 0 Å². The number of hydrogen-bond acceptors (Lipinski definition) is 4. The Kier molecular flexibility index (Phi) is 4.76. The van der Waals surface area contributed by atoms with Crippen molar-refractivity contribution in [1.82, 2.24) is 9.99 Å². The Balaban J connectivity index is 1.65. The van der Waals surface area contributed by atoms with Crippen LogP contribution < -0.4 is 5.43 Å². The maximum atomic E-state index is 12.0. The van der Waals surface area contributed by atoms with E-state index in [4.69, 9.17) is 11.6 Å². The number of para-hydroxylation sites is 1. The Morgan fingerprint density at radius 2 is 2.08 bits per heavy atom. The fourth-order valence-corrected chi connectivity index (χ4v) is 2.58. The number of nitro benzene ring substituents is 1.